The third kappa shape index (κ3) is 6.30. The molecule has 1 heterocycles. The normalized spacial score (nSPS) is 11.5. The highest BCUT2D eigenvalue weighted by Gasteiger charge is 2.31. The standard InChI is InChI=1S/C26H23Cl2F3N4O3/c1-34(2)7-4-8-35(3)25(38)19-11-15(27)10-18(23(19)36)22-12-16(20(13-32)24(37)33-22)17-9-14(26(29,30)31)5-6-21(17)28/h5-6,9-12,36H,4,7-8H2,1-3H3,(H,33,37). The third-order valence-electron chi connectivity index (χ3n) is 5.77. The predicted molar refractivity (Wildman–Crippen MR) is 139 cm³/mol. The van der Waals surface area contributed by atoms with E-state index < -0.39 is 34.5 Å². The van der Waals surface area contributed by atoms with E-state index in [1.165, 1.54) is 23.1 Å². The number of hydrogen-bond acceptors (Lipinski definition) is 5. The van der Waals surface area contributed by atoms with Crippen LogP contribution in [0.2, 0.25) is 10.0 Å². The Bertz CT molecular complexity index is 1480. The number of pyridine rings is 1. The molecule has 1 aromatic heterocycles. The molecule has 0 bridgehead atoms. The summed E-state index contributed by atoms with van der Waals surface area (Å²) in [4.78, 5) is 31.7. The Labute approximate surface area is 226 Å². The van der Waals surface area contributed by atoms with Gasteiger partial charge in [-0.25, -0.2) is 0 Å². The van der Waals surface area contributed by atoms with Gasteiger partial charge in [0.1, 0.15) is 17.4 Å². The van der Waals surface area contributed by atoms with Crippen molar-refractivity contribution >= 4 is 29.1 Å². The number of aromatic amines is 1. The number of H-pyrrole nitrogens is 1. The maximum Gasteiger partial charge on any atom is 0.416 e. The molecule has 7 nitrogen and oxygen atoms in total. The summed E-state index contributed by atoms with van der Waals surface area (Å²) in [6.45, 7) is 1.13. The number of amides is 1. The zero-order chi connectivity index (χ0) is 28.4. The molecule has 0 saturated heterocycles. The summed E-state index contributed by atoms with van der Waals surface area (Å²) in [6, 6.07) is 7.99. The number of rotatable bonds is 7. The molecular formula is C26H23Cl2F3N4O3. The van der Waals surface area contributed by atoms with Crippen LogP contribution in [0.3, 0.4) is 0 Å². The Hall–Kier alpha value is -3.52. The number of nitrogens with zero attached hydrogens (tertiary/aromatic N) is 3. The number of carbonyl (C=O) groups excluding carboxylic acids is 1. The minimum Gasteiger partial charge on any atom is -0.506 e. The third-order valence-corrected chi connectivity index (χ3v) is 6.32. The van der Waals surface area contributed by atoms with Crippen molar-refractivity contribution in [3.05, 3.63) is 73.5 Å². The molecule has 3 aromatic rings. The molecule has 0 spiro atoms. The first-order valence-electron chi connectivity index (χ1n) is 11.2. The van der Waals surface area contributed by atoms with Gasteiger partial charge in [-0.05, 0) is 63.5 Å². The topological polar surface area (TPSA) is 100 Å². The van der Waals surface area contributed by atoms with Crippen LogP contribution in [0.5, 0.6) is 5.75 Å². The van der Waals surface area contributed by atoms with Crippen LogP contribution in [0.1, 0.15) is 27.9 Å². The lowest BCUT2D eigenvalue weighted by atomic mass is 9.96. The number of phenols is 1. The van der Waals surface area contributed by atoms with Gasteiger partial charge in [-0.2, -0.15) is 18.4 Å². The molecule has 1 amide bonds. The number of hydrogen-bond donors (Lipinski definition) is 2. The molecule has 0 aliphatic heterocycles. The van der Waals surface area contributed by atoms with Crippen molar-refractivity contribution in [1.82, 2.24) is 14.8 Å². The lowest BCUT2D eigenvalue weighted by Crippen LogP contribution is -2.29. The van der Waals surface area contributed by atoms with Gasteiger partial charge in [0, 0.05) is 40.3 Å². The van der Waals surface area contributed by atoms with Crippen LogP contribution in [0.15, 0.2) is 41.2 Å². The smallest absolute Gasteiger partial charge is 0.416 e. The van der Waals surface area contributed by atoms with E-state index in [0.717, 1.165) is 24.7 Å². The Morgan fingerprint density at radius 1 is 1.05 bits per heavy atom. The van der Waals surface area contributed by atoms with Crippen molar-refractivity contribution < 1.29 is 23.1 Å². The fourth-order valence-corrected chi connectivity index (χ4v) is 4.27. The van der Waals surface area contributed by atoms with Crippen LogP contribution in [-0.4, -0.2) is 60.0 Å². The van der Waals surface area contributed by atoms with E-state index in [1.54, 1.807) is 13.1 Å². The summed E-state index contributed by atoms with van der Waals surface area (Å²) >= 11 is 12.4. The SMILES string of the molecule is CN(C)CCCN(C)C(=O)c1cc(Cl)cc(-c2cc(-c3cc(C(F)(F)F)ccc3Cl)c(C#N)c(=O)[nH]2)c1O. The van der Waals surface area contributed by atoms with Crippen molar-refractivity contribution in [2.24, 2.45) is 0 Å². The van der Waals surface area contributed by atoms with E-state index >= 15 is 0 Å². The molecule has 0 fully saturated rings. The Morgan fingerprint density at radius 2 is 1.74 bits per heavy atom. The molecule has 0 unspecified atom stereocenters. The van der Waals surface area contributed by atoms with E-state index in [1.807, 2.05) is 19.0 Å². The molecule has 0 atom stereocenters. The average Bonchev–Trinajstić information content (AvgIpc) is 2.83. The first-order chi connectivity index (χ1) is 17.7. The summed E-state index contributed by atoms with van der Waals surface area (Å²) in [6.07, 6.45) is -4.03. The highest BCUT2D eigenvalue weighted by atomic mass is 35.5. The maximum absolute atomic E-state index is 13.4. The van der Waals surface area contributed by atoms with Crippen LogP contribution in [0.4, 0.5) is 13.2 Å². The van der Waals surface area contributed by atoms with Gasteiger partial charge in [-0.1, -0.05) is 23.2 Å². The number of benzene rings is 2. The Morgan fingerprint density at radius 3 is 2.34 bits per heavy atom. The van der Waals surface area contributed by atoms with Crippen LogP contribution in [-0.2, 0) is 6.18 Å². The number of nitriles is 1. The largest absolute Gasteiger partial charge is 0.506 e. The summed E-state index contributed by atoms with van der Waals surface area (Å²) in [7, 11) is 5.36. The number of aromatic hydroxyl groups is 1. The summed E-state index contributed by atoms with van der Waals surface area (Å²) in [5.74, 6) is -1.03. The van der Waals surface area contributed by atoms with Crippen molar-refractivity contribution in [2.75, 3.05) is 34.2 Å². The van der Waals surface area contributed by atoms with Crippen LogP contribution in [0.25, 0.3) is 22.4 Å². The number of nitrogens with one attached hydrogen (secondary N) is 1. The van der Waals surface area contributed by atoms with Crippen LogP contribution < -0.4 is 5.56 Å². The van der Waals surface area contributed by atoms with E-state index in [9.17, 15) is 33.1 Å². The van der Waals surface area contributed by atoms with Crippen molar-refractivity contribution in [3.63, 3.8) is 0 Å². The van der Waals surface area contributed by atoms with Gasteiger partial charge in [-0.3, -0.25) is 9.59 Å². The van der Waals surface area contributed by atoms with E-state index in [2.05, 4.69) is 4.98 Å². The average molecular weight is 567 g/mol. The molecule has 3 rings (SSSR count). The molecule has 12 heteroatoms. The van der Waals surface area contributed by atoms with Gasteiger partial charge in [0.2, 0.25) is 0 Å². The summed E-state index contributed by atoms with van der Waals surface area (Å²) in [5.41, 5.74) is -3.11. The van der Waals surface area contributed by atoms with Gasteiger partial charge in [-0.15, -0.1) is 0 Å². The second-order valence-electron chi connectivity index (χ2n) is 8.84. The van der Waals surface area contributed by atoms with Gasteiger partial charge < -0.3 is 19.9 Å². The molecule has 0 radical (unpaired) electrons. The Kier molecular flexibility index (Phi) is 8.77. The predicted octanol–water partition coefficient (Wildman–Crippen LogP) is 5.64. The van der Waals surface area contributed by atoms with Gasteiger partial charge >= 0.3 is 6.18 Å². The first-order valence-corrected chi connectivity index (χ1v) is 12.0. The molecule has 0 saturated carbocycles. The number of phenolic OH excluding ortho intramolecular Hbond substituents is 1. The lowest BCUT2D eigenvalue weighted by Gasteiger charge is -2.20. The molecular weight excluding hydrogens is 544 g/mol. The number of carbonyl (C=O) groups is 1. The molecule has 38 heavy (non-hydrogen) atoms. The van der Waals surface area contributed by atoms with E-state index in [-0.39, 0.29) is 38.0 Å². The fraction of sp³-hybridized carbons (Fsp3) is 0.269. The molecule has 0 aliphatic carbocycles. The minimum atomic E-state index is -4.70. The molecule has 200 valence electrons. The quantitative estimate of drug-likeness (QED) is 0.385. The highest BCUT2D eigenvalue weighted by Crippen LogP contribution is 2.39. The van der Waals surface area contributed by atoms with E-state index in [0.29, 0.717) is 13.0 Å². The van der Waals surface area contributed by atoms with Gasteiger partial charge in [0.25, 0.3) is 11.5 Å². The number of halogens is 5. The first kappa shape index (κ1) is 29.0. The highest BCUT2D eigenvalue weighted by molar-refractivity contribution is 6.33. The molecule has 2 aromatic carbocycles. The van der Waals surface area contributed by atoms with Crippen molar-refractivity contribution in [2.45, 2.75) is 12.6 Å². The van der Waals surface area contributed by atoms with E-state index in [4.69, 9.17) is 23.2 Å². The molecule has 0 aliphatic rings. The van der Waals surface area contributed by atoms with Crippen LogP contribution >= 0.6 is 23.2 Å². The summed E-state index contributed by atoms with van der Waals surface area (Å²) < 4.78 is 40.1. The zero-order valence-corrected chi connectivity index (χ0v) is 22.1. The van der Waals surface area contributed by atoms with Crippen LogP contribution in [0, 0.1) is 11.3 Å². The second kappa shape index (κ2) is 11.5. The Balaban J connectivity index is 2.16. The van der Waals surface area contributed by atoms with Crippen molar-refractivity contribution in [3.8, 4) is 34.2 Å². The van der Waals surface area contributed by atoms with Gasteiger partial charge in [0.05, 0.1) is 16.8 Å². The maximum atomic E-state index is 13.4. The van der Waals surface area contributed by atoms with Gasteiger partial charge in [0.15, 0.2) is 0 Å². The minimum absolute atomic E-state index is 0.0616. The number of alkyl halides is 3. The summed E-state index contributed by atoms with van der Waals surface area (Å²) in [5, 5.41) is 20.5. The molecule has 2 N–H and O–H groups in total. The van der Waals surface area contributed by atoms with Crippen molar-refractivity contribution in [1.29, 1.82) is 5.26 Å². The zero-order valence-electron chi connectivity index (χ0n) is 20.6. The lowest BCUT2D eigenvalue weighted by molar-refractivity contribution is -0.137. The number of aromatic nitrogens is 1. The second-order valence-corrected chi connectivity index (χ2v) is 9.68. The fourth-order valence-electron chi connectivity index (χ4n) is 3.84. The monoisotopic (exact) mass is 566 g/mol.